The maximum absolute atomic E-state index is 11.7. The van der Waals surface area contributed by atoms with Gasteiger partial charge in [-0.2, -0.15) is 0 Å². The summed E-state index contributed by atoms with van der Waals surface area (Å²) in [5.74, 6) is 0.438. The molecule has 1 aromatic rings. The first-order valence-electron chi connectivity index (χ1n) is 6.29. The van der Waals surface area contributed by atoms with Crippen molar-refractivity contribution in [3.8, 4) is 5.75 Å². The van der Waals surface area contributed by atoms with E-state index >= 15 is 0 Å². The van der Waals surface area contributed by atoms with Crippen molar-refractivity contribution in [3.05, 3.63) is 41.3 Å². The lowest BCUT2D eigenvalue weighted by Gasteiger charge is -2.08. The number of hydrogen-bond acceptors (Lipinski definition) is 4. The van der Waals surface area contributed by atoms with E-state index in [0.717, 1.165) is 11.3 Å². The molecule has 0 aromatic heterocycles. The first kappa shape index (κ1) is 14.6. The summed E-state index contributed by atoms with van der Waals surface area (Å²) < 4.78 is 27.5. The summed E-state index contributed by atoms with van der Waals surface area (Å²) in [7, 11) is -1.49. The minimum Gasteiger partial charge on any atom is -0.497 e. The molecule has 1 heterocycles. The van der Waals surface area contributed by atoms with E-state index in [4.69, 9.17) is 4.74 Å². The lowest BCUT2D eigenvalue weighted by Crippen LogP contribution is -2.25. The van der Waals surface area contributed by atoms with Crippen LogP contribution in [0.15, 0.2) is 35.7 Å². The molecule has 6 heteroatoms. The normalized spacial score (nSPS) is 19.8. The molecule has 5 nitrogen and oxygen atoms in total. The van der Waals surface area contributed by atoms with Crippen LogP contribution in [0.4, 0.5) is 0 Å². The molecular weight excluding hydrogens is 278 g/mol. The van der Waals surface area contributed by atoms with Crippen LogP contribution in [-0.2, 0) is 21.2 Å². The molecule has 1 aliphatic heterocycles. The molecule has 108 valence electrons. The van der Waals surface area contributed by atoms with Gasteiger partial charge < -0.3 is 10.1 Å². The maximum Gasteiger partial charge on any atom is 0.220 e. The number of ether oxygens (including phenoxy) is 1. The van der Waals surface area contributed by atoms with Crippen LogP contribution in [0.2, 0.25) is 0 Å². The minimum atomic E-state index is -3.09. The predicted octanol–water partition coefficient (Wildman–Crippen LogP) is 1.26. The van der Waals surface area contributed by atoms with E-state index in [1.54, 1.807) is 13.2 Å². The third kappa shape index (κ3) is 4.09. The number of methoxy groups -OCH3 is 1. The van der Waals surface area contributed by atoms with E-state index in [9.17, 15) is 13.2 Å². The van der Waals surface area contributed by atoms with Gasteiger partial charge in [-0.25, -0.2) is 8.42 Å². The van der Waals surface area contributed by atoms with Gasteiger partial charge in [-0.3, -0.25) is 4.79 Å². The number of rotatable bonds is 5. The van der Waals surface area contributed by atoms with Gasteiger partial charge in [-0.15, -0.1) is 0 Å². The lowest BCUT2D eigenvalue weighted by molar-refractivity contribution is -0.121. The third-order valence-corrected chi connectivity index (χ3v) is 4.57. The zero-order valence-electron chi connectivity index (χ0n) is 11.2. The molecule has 0 radical (unpaired) electrons. The molecule has 1 aliphatic rings. The van der Waals surface area contributed by atoms with E-state index in [0.29, 0.717) is 6.54 Å². The second-order valence-electron chi connectivity index (χ2n) is 4.75. The molecule has 0 fully saturated rings. The van der Waals surface area contributed by atoms with Crippen LogP contribution in [0.5, 0.6) is 5.75 Å². The van der Waals surface area contributed by atoms with Gasteiger partial charge in [0.1, 0.15) is 5.75 Å². The van der Waals surface area contributed by atoms with E-state index in [1.165, 1.54) is 5.41 Å². The average Bonchev–Trinajstić information content (AvgIpc) is 2.76. The van der Waals surface area contributed by atoms with Crippen molar-refractivity contribution >= 4 is 15.7 Å². The summed E-state index contributed by atoms with van der Waals surface area (Å²) in [5.41, 5.74) is 0.966. The zero-order chi connectivity index (χ0) is 14.6. The second-order valence-corrected chi connectivity index (χ2v) is 6.68. The Morgan fingerprint density at radius 1 is 1.35 bits per heavy atom. The van der Waals surface area contributed by atoms with Crippen molar-refractivity contribution in [2.75, 3.05) is 12.9 Å². The van der Waals surface area contributed by atoms with Crippen LogP contribution in [0.3, 0.4) is 0 Å². The lowest BCUT2D eigenvalue weighted by atomic mass is 10.1. The number of allylic oxidation sites excluding steroid dienone is 1. The molecule has 0 aliphatic carbocycles. The summed E-state index contributed by atoms with van der Waals surface area (Å²) in [6.45, 7) is 0.423. The predicted molar refractivity (Wildman–Crippen MR) is 75.9 cm³/mol. The molecule has 1 amide bonds. The molecule has 1 aromatic carbocycles. The van der Waals surface area contributed by atoms with Crippen molar-refractivity contribution in [2.45, 2.75) is 13.0 Å². The topological polar surface area (TPSA) is 72.5 Å². The molecule has 20 heavy (non-hydrogen) atoms. The second kappa shape index (κ2) is 6.09. The van der Waals surface area contributed by atoms with Crippen LogP contribution in [0.1, 0.15) is 12.0 Å². The van der Waals surface area contributed by atoms with E-state index < -0.39 is 9.84 Å². The molecule has 2 rings (SSSR count). The maximum atomic E-state index is 11.7. The zero-order valence-corrected chi connectivity index (χ0v) is 12.0. The Balaban J connectivity index is 1.79. The quantitative estimate of drug-likeness (QED) is 0.887. The summed E-state index contributed by atoms with van der Waals surface area (Å²) in [6.07, 6.45) is 1.79. The summed E-state index contributed by atoms with van der Waals surface area (Å²) >= 11 is 0. The number of amides is 1. The van der Waals surface area contributed by atoms with E-state index in [2.05, 4.69) is 5.32 Å². The Labute approximate surface area is 118 Å². The van der Waals surface area contributed by atoms with Gasteiger partial charge in [0.25, 0.3) is 0 Å². The molecule has 0 spiro atoms. The molecule has 0 unspecified atom stereocenters. The summed E-state index contributed by atoms with van der Waals surface area (Å²) in [6, 6.07) is 7.40. The Kier molecular flexibility index (Phi) is 4.44. The monoisotopic (exact) mass is 295 g/mol. The van der Waals surface area contributed by atoms with Gasteiger partial charge in [0.05, 0.1) is 12.9 Å². The average molecular weight is 295 g/mol. The van der Waals surface area contributed by atoms with Crippen molar-refractivity contribution < 1.29 is 17.9 Å². The van der Waals surface area contributed by atoms with Gasteiger partial charge in [-0.05, 0) is 17.7 Å². The number of carbonyl (C=O) groups is 1. The van der Waals surface area contributed by atoms with Crippen molar-refractivity contribution in [1.82, 2.24) is 5.32 Å². The molecular formula is C14H17NO4S. The first-order valence-corrected chi connectivity index (χ1v) is 8.00. The molecule has 0 bridgehead atoms. The highest BCUT2D eigenvalue weighted by molar-refractivity contribution is 7.94. The number of benzene rings is 1. The largest absolute Gasteiger partial charge is 0.497 e. The standard InChI is InChI=1S/C14H17NO4S/c1-19-13-4-2-11(3-5-13)9-15-14(16)8-12-6-7-20(17,18)10-12/h2-7,12H,8-10H2,1H3,(H,15,16)/t12-/m1/s1. The van der Waals surface area contributed by atoms with Crippen LogP contribution in [0, 0.1) is 5.92 Å². The van der Waals surface area contributed by atoms with Crippen LogP contribution in [0.25, 0.3) is 0 Å². The van der Waals surface area contributed by atoms with Crippen LogP contribution < -0.4 is 10.1 Å². The molecule has 0 saturated heterocycles. The molecule has 1 atom stereocenters. The van der Waals surface area contributed by atoms with Gasteiger partial charge in [0, 0.05) is 24.3 Å². The molecule has 0 saturated carbocycles. The van der Waals surface area contributed by atoms with Gasteiger partial charge in [-0.1, -0.05) is 18.2 Å². The fraction of sp³-hybridized carbons (Fsp3) is 0.357. The van der Waals surface area contributed by atoms with Crippen LogP contribution >= 0.6 is 0 Å². The van der Waals surface area contributed by atoms with Gasteiger partial charge >= 0.3 is 0 Å². The number of hydrogen-bond donors (Lipinski definition) is 1. The highest BCUT2D eigenvalue weighted by Gasteiger charge is 2.23. The smallest absolute Gasteiger partial charge is 0.220 e. The van der Waals surface area contributed by atoms with E-state index in [-0.39, 0.29) is 24.0 Å². The van der Waals surface area contributed by atoms with Crippen LogP contribution in [-0.4, -0.2) is 27.2 Å². The number of sulfone groups is 1. The Hall–Kier alpha value is -1.82. The van der Waals surface area contributed by atoms with Crippen molar-refractivity contribution in [2.24, 2.45) is 5.92 Å². The fourth-order valence-electron chi connectivity index (χ4n) is 2.02. The fourth-order valence-corrected chi connectivity index (χ4v) is 3.42. The third-order valence-electron chi connectivity index (χ3n) is 3.10. The van der Waals surface area contributed by atoms with E-state index in [1.807, 2.05) is 24.3 Å². The SMILES string of the molecule is COc1ccc(CNC(=O)C[C@H]2C=CS(=O)(=O)C2)cc1. The molecule has 1 N–H and O–H groups in total. The highest BCUT2D eigenvalue weighted by atomic mass is 32.2. The number of carbonyl (C=O) groups excluding carboxylic acids is 1. The van der Waals surface area contributed by atoms with Gasteiger partial charge in [0.15, 0.2) is 9.84 Å². The highest BCUT2D eigenvalue weighted by Crippen LogP contribution is 2.18. The minimum absolute atomic E-state index is 0.0307. The Morgan fingerprint density at radius 3 is 2.60 bits per heavy atom. The number of nitrogens with one attached hydrogen (secondary N) is 1. The summed E-state index contributed by atoms with van der Waals surface area (Å²) in [5, 5.41) is 3.97. The Bertz CT molecular complexity index is 605. The Morgan fingerprint density at radius 2 is 2.05 bits per heavy atom. The summed E-state index contributed by atoms with van der Waals surface area (Å²) in [4.78, 5) is 11.7. The first-order chi connectivity index (χ1) is 9.48. The van der Waals surface area contributed by atoms with Crippen molar-refractivity contribution in [3.63, 3.8) is 0 Å². The van der Waals surface area contributed by atoms with Crippen molar-refractivity contribution in [1.29, 1.82) is 0 Å². The van der Waals surface area contributed by atoms with Gasteiger partial charge in [0.2, 0.25) is 5.91 Å².